The number of carbonyl (C=O) groups excluding carboxylic acids is 1. The third kappa shape index (κ3) is 3.05. The summed E-state index contributed by atoms with van der Waals surface area (Å²) in [5.41, 5.74) is -8.61. The summed E-state index contributed by atoms with van der Waals surface area (Å²) in [6, 6.07) is 1.84. The standard InChI is InChI=1S/C18H13ClF8O4/c1-14(2)15(13(28)31-27,5-8-3-10-11(4-9(8)20)30-7-29-10)16(14,21)6-12(19)17(22,23)18(24,25)26/h3-4,6H,5,7H2,1-2H3. The maximum absolute atomic E-state index is 15.8. The zero-order valence-corrected chi connectivity index (χ0v) is 16.4. The summed E-state index contributed by atoms with van der Waals surface area (Å²) < 4.78 is 118. The van der Waals surface area contributed by atoms with E-state index in [0.717, 1.165) is 26.0 Å². The van der Waals surface area contributed by atoms with Crippen LogP contribution in [0.1, 0.15) is 19.4 Å². The van der Waals surface area contributed by atoms with Crippen LogP contribution in [0.4, 0.5) is 35.3 Å². The number of carbonyl (C=O) groups is 1. The molecule has 31 heavy (non-hydrogen) atoms. The molecule has 2 atom stereocenters. The van der Waals surface area contributed by atoms with E-state index < -0.39 is 57.4 Å². The first-order valence-corrected chi connectivity index (χ1v) is 8.88. The van der Waals surface area contributed by atoms with Crippen molar-refractivity contribution in [1.82, 2.24) is 0 Å². The lowest BCUT2D eigenvalue weighted by molar-refractivity contribution is -0.261. The first-order chi connectivity index (χ1) is 14.1. The predicted molar refractivity (Wildman–Crippen MR) is 88.4 cm³/mol. The van der Waals surface area contributed by atoms with Gasteiger partial charge in [0.1, 0.15) is 11.2 Å². The molecule has 1 aromatic carbocycles. The average molecular weight is 481 g/mol. The van der Waals surface area contributed by atoms with Gasteiger partial charge in [-0.2, -0.15) is 22.0 Å². The fourth-order valence-corrected chi connectivity index (χ4v) is 4.18. The highest BCUT2D eigenvalue weighted by Crippen LogP contribution is 2.77. The smallest absolute Gasteiger partial charge is 0.454 e. The van der Waals surface area contributed by atoms with Gasteiger partial charge >= 0.3 is 18.1 Å². The second-order valence-corrected chi connectivity index (χ2v) is 8.05. The van der Waals surface area contributed by atoms with E-state index >= 15 is 4.39 Å². The first-order valence-electron chi connectivity index (χ1n) is 8.50. The van der Waals surface area contributed by atoms with E-state index in [9.17, 15) is 35.7 Å². The van der Waals surface area contributed by atoms with Gasteiger partial charge in [0.2, 0.25) is 6.79 Å². The molecule has 1 heterocycles. The maximum atomic E-state index is 15.8. The topological polar surface area (TPSA) is 44.8 Å². The van der Waals surface area contributed by atoms with Crippen LogP contribution >= 0.6 is 11.6 Å². The van der Waals surface area contributed by atoms with Gasteiger partial charge in [-0.1, -0.05) is 25.4 Å². The fraction of sp³-hybridized carbons (Fsp3) is 0.500. The molecule has 0 bridgehead atoms. The molecule has 3 rings (SSSR count). The van der Waals surface area contributed by atoms with Gasteiger partial charge in [0.15, 0.2) is 17.2 Å². The molecule has 4 nitrogen and oxygen atoms in total. The first kappa shape index (κ1) is 23.4. The highest BCUT2D eigenvalue weighted by molar-refractivity contribution is 6.30. The quantitative estimate of drug-likeness (QED) is 0.516. The number of hydrogen-bond donors (Lipinski definition) is 0. The van der Waals surface area contributed by atoms with Crippen molar-refractivity contribution in [3.8, 4) is 11.5 Å². The van der Waals surface area contributed by atoms with Crippen LogP contribution in [-0.2, 0) is 16.2 Å². The summed E-state index contributed by atoms with van der Waals surface area (Å²) in [5.74, 6) is -8.65. The Kier molecular flexibility index (Phi) is 5.20. The van der Waals surface area contributed by atoms with Crippen LogP contribution in [0.5, 0.6) is 11.5 Å². The van der Waals surface area contributed by atoms with Crippen molar-refractivity contribution in [2.75, 3.05) is 6.79 Å². The molecule has 0 amide bonds. The van der Waals surface area contributed by atoms with Crippen LogP contribution in [0.25, 0.3) is 0 Å². The van der Waals surface area contributed by atoms with Gasteiger partial charge in [-0.05, 0) is 24.1 Å². The Morgan fingerprint density at radius 3 is 2.26 bits per heavy atom. The number of fused-ring (bicyclic) bond motifs is 1. The van der Waals surface area contributed by atoms with Crippen molar-refractivity contribution >= 4 is 17.6 Å². The van der Waals surface area contributed by atoms with E-state index in [-0.39, 0.29) is 24.4 Å². The lowest BCUT2D eigenvalue weighted by Gasteiger charge is -2.20. The summed E-state index contributed by atoms with van der Waals surface area (Å²) in [7, 11) is 0. The number of hydrogen-bond acceptors (Lipinski definition) is 4. The van der Waals surface area contributed by atoms with Crippen molar-refractivity contribution in [2.24, 2.45) is 10.8 Å². The molecular formula is C18H13ClF8O4. The number of allylic oxidation sites excluding steroid dienone is 2. The monoisotopic (exact) mass is 480 g/mol. The van der Waals surface area contributed by atoms with Crippen molar-refractivity contribution in [1.29, 1.82) is 0 Å². The highest BCUT2D eigenvalue weighted by Gasteiger charge is 2.88. The van der Waals surface area contributed by atoms with Crippen molar-refractivity contribution in [2.45, 2.75) is 38.0 Å². The second kappa shape index (κ2) is 6.88. The highest BCUT2D eigenvalue weighted by atomic mass is 35.5. The molecule has 172 valence electrons. The molecule has 1 aliphatic heterocycles. The minimum absolute atomic E-state index is 0.000240. The zero-order valence-electron chi connectivity index (χ0n) is 15.7. The third-order valence-corrected chi connectivity index (χ3v) is 6.28. The lowest BCUT2D eigenvalue weighted by atomic mass is 9.88. The van der Waals surface area contributed by atoms with Crippen LogP contribution in [-0.4, -0.2) is 30.5 Å². The van der Waals surface area contributed by atoms with Gasteiger partial charge in [-0.25, -0.2) is 13.6 Å². The molecule has 0 radical (unpaired) electrons. The van der Waals surface area contributed by atoms with Crippen molar-refractivity contribution in [3.63, 3.8) is 0 Å². The molecule has 0 aromatic heterocycles. The largest absolute Gasteiger partial charge is 0.459 e. The van der Waals surface area contributed by atoms with E-state index in [2.05, 4.69) is 4.94 Å². The summed E-state index contributed by atoms with van der Waals surface area (Å²) in [5, 5.41) is -2.27. The minimum Gasteiger partial charge on any atom is -0.454 e. The van der Waals surface area contributed by atoms with Crippen LogP contribution in [0, 0.1) is 16.6 Å². The zero-order chi connectivity index (χ0) is 23.6. The van der Waals surface area contributed by atoms with Gasteiger partial charge in [0, 0.05) is 16.0 Å². The molecule has 1 fully saturated rings. The molecule has 1 saturated carbocycles. The van der Waals surface area contributed by atoms with Gasteiger partial charge in [0.25, 0.3) is 0 Å². The Morgan fingerprint density at radius 1 is 1.19 bits per heavy atom. The molecule has 0 N–H and O–H groups in total. The summed E-state index contributed by atoms with van der Waals surface area (Å²) >= 11 is 5.09. The van der Waals surface area contributed by atoms with Crippen LogP contribution in [0.3, 0.4) is 0 Å². The molecular weight excluding hydrogens is 468 g/mol. The average Bonchev–Trinajstić information content (AvgIpc) is 2.95. The molecule has 2 unspecified atom stereocenters. The van der Waals surface area contributed by atoms with Gasteiger partial charge in [-0.15, -0.1) is 0 Å². The molecule has 13 heteroatoms. The maximum Gasteiger partial charge on any atom is 0.459 e. The van der Waals surface area contributed by atoms with E-state index in [0.29, 0.717) is 0 Å². The molecule has 2 aliphatic rings. The summed E-state index contributed by atoms with van der Waals surface area (Å²) in [4.78, 5) is 15.3. The van der Waals surface area contributed by atoms with E-state index in [1.807, 2.05) is 0 Å². The Morgan fingerprint density at radius 2 is 1.74 bits per heavy atom. The van der Waals surface area contributed by atoms with E-state index in [1.165, 1.54) is 0 Å². The Balaban J connectivity index is 2.10. The molecule has 1 aromatic rings. The van der Waals surface area contributed by atoms with Crippen LogP contribution < -0.4 is 9.47 Å². The Labute approximate surface area is 174 Å². The number of halogens is 9. The summed E-state index contributed by atoms with van der Waals surface area (Å²) in [6.45, 7) is 1.63. The molecule has 0 spiro atoms. The number of benzene rings is 1. The predicted octanol–water partition coefficient (Wildman–Crippen LogP) is 5.58. The fourth-order valence-electron chi connectivity index (χ4n) is 3.92. The number of alkyl halides is 6. The van der Waals surface area contributed by atoms with E-state index in [4.69, 9.17) is 21.1 Å². The normalized spacial score (nSPS) is 27.3. The lowest BCUT2D eigenvalue weighted by Crippen LogP contribution is -2.37. The van der Waals surface area contributed by atoms with Gasteiger partial charge in [0.05, 0.1) is 5.03 Å². The van der Waals surface area contributed by atoms with E-state index in [1.54, 1.807) is 0 Å². The molecule has 0 saturated heterocycles. The van der Waals surface area contributed by atoms with Gasteiger partial charge < -0.3 is 9.47 Å². The van der Waals surface area contributed by atoms with Crippen molar-refractivity contribution < 1.29 is 54.5 Å². The van der Waals surface area contributed by atoms with Crippen LogP contribution in [0.15, 0.2) is 23.2 Å². The third-order valence-electron chi connectivity index (χ3n) is 5.93. The Bertz CT molecular complexity index is 961. The minimum atomic E-state index is -6.16. The van der Waals surface area contributed by atoms with Crippen molar-refractivity contribution in [3.05, 3.63) is 34.6 Å². The molecule has 1 aliphatic carbocycles. The number of ether oxygens (including phenoxy) is 2. The number of rotatable bonds is 5. The van der Waals surface area contributed by atoms with Gasteiger partial charge in [-0.3, -0.25) is 4.94 Å². The SMILES string of the molecule is CC1(C)C(F)(C=C(Cl)C(F)(F)C(F)(F)F)C1(Cc1cc2c(cc1F)OCO2)C(=O)OF. The van der Waals surface area contributed by atoms with Crippen LogP contribution in [0.2, 0.25) is 0 Å². The summed E-state index contributed by atoms with van der Waals surface area (Å²) in [6.07, 6.45) is -7.44. The second-order valence-electron chi connectivity index (χ2n) is 7.64. The Hall–Kier alpha value is -2.24.